The standard InChI is InChI=1S/C12H20O2/c1-11-5-3-6-12(2,14)10(11)8-9(13)4-7-11/h10,14H,3-8H2,1-2H3/t10-,11-,12-/m0/s1. The Morgan fingerprint density at radius 3 is 2.71 bits per heavy atom. The molecule has 3 atom stereocenters. The van der Waals surface area contributed by atoms with Gasteiger partial charge in [-0.05, 0) is 37.5 Å². The number of hydrogen-bond donors (Lipinski definition) is 1. The largest absolute Gasteiger partial charge is 0.390 e. The highest BCUT2D eigenvalue weighted by Gasteiger charge is 2.50. The van der Waals surface area contributed by atoms with E-state index < -0.39 is 5.60 Å². The molecule has 80 valence electrons. The first-order valence-corrected chi connectivity index (χ1v) is 5.68. The molecule has 2 aliphatic carbocycles. The van der Waals surface area contributed by atoms with E-state index in [9.17, 15) is 9.90 Å². The van der Waals surface area contributed by atoms with Crippen LogP contribution in [0.5, 0.6) is 0 Å². The highest BCUT2D eigenvalue weighted by molar-refractivity contribution is 5.79. The van der Waals surface area contributed by atoms with Gasteiger partial charge in [-0.2, -0.15) is 0 Å². The van der Waals surface area contributed by atoms with Crippen molar-refractivity contribution in [3.8, 4) is 0 Å². The maximum absolute atomic E-state index is 11.4. The Bertz CT molecular complexity index is 257. The molecule has 2 nitrogen and oxygen atoms in total. The third-order valence-electron chi connectivity index (χ3n) is 4.43. The van der Waals surface area contributed by atoms with Crippen molar-refractivity contribution in [2.45, 2.75) is 58.0 Å². The topological polar surface area (TPSA) is 37.3 Å². The number of hydrogen-bond acceptors (Lipinski definition) is 2. The fourth-order valence-corrected chi connectivity index (χ4v) is 3.47. The van der Waals surface area contributed by atoms with Crippen LogP contribution in [0.3, 0.4) is 0 Å². The number of ketones is 1. The van der Waals surface area contributed by atoms with Gasteiger partial charge in [-0.3, -0.25) is 4.79 Å². The summed E-state index contributed by atoms with van der Waals surface area (Å²) in [5.74, 6) is 0.541. The van der Waals surface area contributed by atoms with E-state index in [0.29, 0.717) is 12.2 Å². The van der Waals surface area contributed by atoms with E-state index >= 15 is 0 Å². The first kappa shape index (κ1) is 10.2. The maximum Gasteiger partial charge on any atom is 0.133 e. The Labute approximate surface area is 85.7 Å². The summed E-state index contributed by atoms with van der Waals surface area (Å²) in [4.78, 5) is 11.4. The molecule has 0 aromatic heterocycles. The first-order chi connectivity index (χ1) is 6.44. The molecule has 0 amide bonds. The number of fused-ring (bicyclic) bond motifs is 1. The molecule has 2 rings (SSSR count). The highest BCUT2D eigenvalue weighted by atomic mass is 16.3. The molecule has 0 aromatic carbocycles. The summed E-state index contributed by atoms with van der Waals surface area (Å²) in [6.45, 7) is 4.16. The Hall–Kier alpha value is -0.370. The van der Waals surface area contributed by atoms with Crippen molar-refractivity contribution < 1.29 is 9.90 Å². The smallest absolute Gasteiger partial charge is 0.133 e. The van der Waals surface area contributed by atoms with Crippen molar-refractivity contribution in [1.82, 2.24) is 0 Å². The second kappa shape index (κ2) is 3.06. The highest BCUT2D eigenvalue weighted by Crippen LogP contribution is 2.53. The zero-order chi connectivity index (χ0) is 10.4. The molecule has 0 unspecified atom stereocenters. The van der Waals surface area contributed by atoms with E-state index in [2.05, 4.69) is 6.92 Å². The normalized spacial score (nSPS) is 48.8. The average Bonchev–Trinajstić information content (AvgIpc) is 2.08. The van der Waals surface area contributed by atoms with Crippen LogP contribution < -0.4 is 0 Å². The summed E-state index contributed by atoms with van der Waals surface area (Å²) in [5.41, 5.74) is -0.390. The summed E-state index contributed by atoms with van der Waals surface area (Å²) in [6, 6.07) is 0. The molecule has 2 fully saturated rings. The molecule has 0 aliphatic heterocycles. The quantitative estimate of drug-likeness (QED) is 0.645. The lowest BCUT2D eigenvalue weighted by Crippen LogP contribution is -2.51. The van der Waals surface area contributed by atoms with Gasteiger partial charge in [-0.15, -0.1) is 0 Å². The summed E-state index contributed by atoms with van der Waals surface area (Å²) in [6.07, 6.45) is 5.45. The fraction of sp³-hybridized carbons (Fsp3) is 0.917. The van der Waals surface area contributed by atoms with Crippen molar-refractivity contribution in [1.29, 1.82) is 0 Å². The summed E-state index contributed by atoms with van der Waals surface area (Å²) >= 11 is 0. The molecule has 0 heterocycles. The van der Waals surface area contributed by atoms with Crippen molar-refractivity contribution in [3.05, 3.63) is 0 Å². The molecular weight excluding hydrogens is 176 g/mol. The van der Waals surface area contributed by atoms with Gasteiger partial charge in [0.2, 0.25) is 0 Å². The van der Waals surface area contributed by atoms with Gasteiger partial charge in [0, 0.05) is 12.8 Å². The minimum absolute atomic E-state index is 0.199. The van der Waals surface area contributed by atoms with E-state index in [4.69, 9.17) is 0 Å². The Kier molecular flexibility index (Phi) is 2.22. The molecular formula is C12H20O2. The number of rotatable bonds is 0. The van der Waals surface area contributed by atoms with Gasteiger partial charge in [-0.1, -0.05) is 13.3 Å². The van der Waals surface area contributed by atoms with E-state index in [1.54, 1.807) is 0 Å². The van der Waals surface area contributed by atoms with Crippen molar-refractivity contribution >= 4 is 5.78 Å². The molecule has 0 saturated heterocycles. The predicted molar refractivity (Wildman–Crippen MR) is 54.9 cm³/mol. The molecule has 1 N–H and O–H groups in total. The lowest BCUT2D eigenvalue weighted by molar-refractivity contribution is -0.143. The SMILES string of the molecule is C[C@@]12CCC[C@](C)(O)[C@H]1CC(=O)CC2. The average molecular weight is 196 g/mol. The molecule has 0 spiro atoms. The number of carbonyl (C=O) groups excluding carboxylic acids is 1. The second-order valence-electron chi connectivity index (χ2n) is 5.66. The zero-order valence-electron chi connectivity index (χ0n) is 9.18. The van der Waals surface area contributed by atoms with Crippen LogP contribution in [0.4, 0.5) is 0 Å². The third-order valence-corrected chi connectivity index (χ3v) is 4.43. The molecule has 2 aliphatic rings. The van der Waals surface area contributed by atoms with Gasteiger partial charge in [0.05, 0.1) is 5.60 Å². The summed E-state index contributed by atoms with van der Waals surface area (Å²) < 4.78 is 0. The molecule has 0 aromatic rings. The van der Waals surface area contributed by atoms with E-state index in [1.165, 1.54) is 6.42 Å². The molecule has 0 bridgehead atoms. The molecule has 0 radical (unpaired) electrons. The molecule has 2 heteroatoms. The number of carbonyl (C=O) groups is 1. The van der Waals surface area contributed by atoms with Crippen molar-refractivity contribution in [3.63, 3.8) is 0 Å². The number of Topliss-reactive ketones (excluding diaryl/α,β-unsaturated/α-hetero) is 1. The van der Waals surface area contributed by atoms with Gasteiger partial charge in [0.1, 0.15) is 5.78 Å². The van der Waals surface area contributed by atoms with Crippen LogP contribution in [0.2, 0.25) is 0 Å². The van der Waals surface area contributed by atoms with Crippen LogP contribution in [-0.2, 0) is 4.79 Å². The fourth-order valence-electron chi connectivity index (χ4n) is 3.47. The first-order valence-electron chi connectivity index (χ1n) is 5.68. The lowest BCUT2D eigenvalue weighted by atomic mass is 9.55. The van der Waals surface area contributed by atoms with Gasteiger partial charge in [0.15, 0.2) is 0 Å². The van der Waals surface area contributed by atoms with Gasteiger partial charge >= 0.3 is 0 Å². The van der Waals surface area contributed by atoms with E-state index in [-0.39, 0.29) is 11.3 Å². The molecule has 14 heavy (non-hydrogen) atoms. The Morgan fingerprint density at radius 2 is 2.00 bits per heavy atom. The number of aliphatic hydroxyl groups is 1. The van der Waals surface area contributed by atoms with Crippen LogP contribution in [0, 0.1) is 11.3 Å². The molecule has 2 saturated carbocycles. The Balaban J connectivity index is 2.26. The van der Waals surface area contributed by atoms with Crippen LogP contribution in [-0.4, -0.2) is 16.5 Å². The maximum atomic E-state index is 11.4. The minimum atomic E-state index is -0.608. The van der Waals surface area contributed by atoms with Gasteiger partial charge in [-0.25, -0.2) is 0 Å². The summed E-state index contributed by atoms with van der Waals surface area (Å²) in [5, 5.41) is 10.3. The van der Waals surface area contributed by atoms with Crippen LogP contribution >= 0.6 is 0 Å². The van der Waals surface area contributed by atoms with Crippen molar-refractivity contribution in [2.24, 2.45) is 11.3 Å². The van der Waals surface area contributed by atoms with Crippen LogP contribution in [0.25, 0.3) is 0 Å². The van der Waals surface area contributed by atoms with Crippen LogP contribution in [0.1, 0.15) is 52.4 Å². The second-order valence-corrected chi connectivity index (χ2v) is 5.66. The van der Waals surface area contributed by atoms with Gasteiger partial charge < -0.3 is 5.11 Å². The zero-order valence-corrected chi connectivity index (χ0v) is 9.18. The monoisotopic (exact) mass is 196 g/mol. The van der Waals surface area contributed by atoms with E-state index in [1.807, 2.05) is 6.92 Å². The Morgan fingerprint density at radius 1 is 1.29 bits per heavy atom. The minimum Gasteiger partial charge on any atom is -0.390 e. The van der Waals surface area contributed by atoms with Crippen molar-refractivity contribution in [2.75, 3.05) is 0 Å². The van der Waals surface area contributed by atoms with E-state index in [0.717, 1.165) is 25.7 Å². The lowest BCUT2D eigenvalue weighted by Gasteiger charge is -2.51. The third kappa shape index (κ3) is 1.50. The predicted octanol–water partition coefficient (Wildman–Crippen LogP) is 2.30. The summed E-state index contributed by atoms with van der Waals surface area (Å²) in [7, 11) is 0. The van der Waals surface area contributed by atoms with Crippen LogP contribution in [0.15, 0.2) is 0 Å². The van der Waals surface area contributed by atoms with Gasteiger partial charge in [0.25, 0.3) is 0 Å².